The van der Waals surface area contributed by atoms with Gasteiger partial charge in [-0.2, -0.15) is 0 Å². The lowest BCUT2D eigenvalue weighted by atomic mass is 9.84. The lowest BCUT2D eigenvalue weighted by Gasteiger charge is -2.26. The first kappa shape index (κ1) is 7.63. The van der Waals surface area contributed by atoms with Gasteiger partial charge in [-0.15, -0.1) is 0 Å². The Balaban J connectivity index is 2.15. The molecule has 0 saturated heterocycles. The van der Waals surface area contributed by atoms with Crippen molar-refractivity contribution in [1.29, 1.82) is 0 Å². The number of rotatable bonds is 0. The molecule has 1 aliphatic carbocycles. The molecule has 1 heterocycles. The summed E-state index contributed by atoms with van der Waals surface area (Å²) in [6.45, 7) is 2.27. The second-order valence-electron chi connectivity index (χ2n) is 4.54. The van der Waals surface area contributed by atoms with Crippen LogP contribution in [0.3, 0.4) is 0 Å². The summed E-state index contributed by atoms with van der Waals surface area (Å²) in [7, 11) is 2.18. The van der Waals surface area contributed by atoms with Gasteiger partial charge in [0.25, 0.3) is 0 Å². The normalized spacial score (nSPS) is 22.8. The highest BCUT2D eigenvalue weighted by Crippen LogP contribution is 2.50. The summed E-state index contributed by atoms with van der Waals surface area (Å²) in [5, 5.41) is 3.52. The van der Waals surface area contributed by atoms with E-state index in [-0.39, 0.29) is 0 Å². The van der Waals surface area contributed by atoms with Crippen LogP contribution < -0.4 is 10.8 Å². The molecule has 1 aromatic rings. The lowest BCUT2D eigenvalue weighted by molar-refractivity contribution is 0.531. The minimum absolute atomic E-state index is 0.543. The lowest BCUT2D eigenvalue weighted by Crippen LogP contribution is -2.34. The van der Waals surface area contributed by atoms with Gasteiger partial charge in [0.15, 0.2) is 0 Å². The van der Waals surface area contributed by atoms with Crippen LogP contribution in [0.1, 0.15) is 24.0 Å². The molecule has 0 atom stereocenters. The molecular weight excluding hydrogens is 157 g/mol. The molecule has 0 radical (unpaired) electrons. The molecule has 1 nitrogen and oxygen atoms in total. The maximum absolute atomic E-state index is 3.52. The van der Waals surface area contributed by atoms with E-state index in [0.717, 1.165) is 6.54 Å². The topological polar surface area (TPSA) is 12.0 Å². The van der Waals surface area contributed by atoms with Crippen LogP contribution in [0.4, 0.5) is 0 Å². The van der Waals surface area contributed by atoms with Crippen LogP contribution in [0.25, 0.3) is 0 Å². The summed E-state index contributed by atoms with van der Waals surface area (Å²) in [4.78, 5) is 0. The van der Waals surface area contributed by atoms with Crippen molar-refractivity contribution in [3.63, 3.8) is 0 Å². The van der Waals surface area contributed by atoms with Crippen molar-refractivity contribution in [3.05, 3.63) is 29.3 Å². The summed E-state index contributed by atoms with van der Waals surface area (Å²) >= 11 is 0. The zero-order valence-corrected chi connectivity index (χ0v) is 8.06. The third-order valence-electron chi connectivity index (χ3n) is 3.46. The van der Waals surface area contributed by atoms with Crippen LogP contribution in [-0.4, -0.2) is 14.4 Å². The number of hydrogen-bond acceptors (Lipinski definition) is 1. The monoisotopic (exact) mass is 171 g/mol. The molecule has 1 spiro atoms. The Morgan fingerprint density at radius 2 is 2.15 bits per heavy atom. The standard InChI is InChI=1S/C11H14BN/c12-9-1-2-10-8(5-9)6-13-7-11(10)3-4-11/h1-2,5,13H,3-4,6-7,12H2. The summed E-state index contributed by atoms with van der Waals surface area (Å²) in [5.74, 6) is 0. The van der Waals surface area contributed by atoms with Gasteiger partial charge >= 0.3 is 0 Å². The molecule has 1 aliphatic heterocycles. The number of nitrogens with one attached hydrogen (secondary N) is 1. The molecule has 0 aromatic heterocycles. The van der Waals surface area contributed by atoms with E-state index in [1.165, 1.54) is 30.4 Å². The third-order valence-corrected chi connectivity index (χ3v) is 3.46. The maximum Gasteiger partial charge on any atom is 0.139 e. The van der Waals surface area contributed by atoms with Gasteiger partial charge in [-0.1, -0.05) is 23.7 Å². The van der Waals surface area contributed by atoms with Crippen molar-refractivity contribution in [1.82, 2.24) is 5.32 Å². The second kappa shape index (κ2) is 2.39. The molecule has 13 heavy (non-hydrogen) atoms. The molecular formula is C11H14BN. The minimum atomic E-state index is 0.543. The first-order valence-corrected chi connectivity index (χ1v) is 5.11. The molecule has 1 N–H and O–H groups in total. The van der Waals surface area contributed by atoms with Crippen LogP contribution in [0.5, 0.6) is 0 Å². The van der Waals surface area contributed by atoms with Crippen LogP contribution in [0, 0.1) is 0 Å². The van der Waals surface area contributed by atoms with E-state index in [1.54, 1.807) is 5.56 Å². The molecule has 2 heteroatoms. The zero-order valence-electron chi connectivity index (χ0n) is 8.06. The molecule has 0 unspecified atom stereocenters. The highest BCUT2D eigenvalue weighted by atomic mass is 14.9. The largest absolute Gasteiger partial charge is 0.312 e. The maximum atomic E-state index is 3.52. The van der Waals surface area contributed by atoms with Gasteiger partial charge in [-0.3, -0.25) is 0 Å². The smallest absolute Gasteiger partial charge is 0.139 e. The van der Waals surface area contributed by atoms with Crippen molar-refractivity contribution in [3.8, 4) is 0 Å². The highest BCUT2D eigenvalue weighted by Gasteiger charge is 2.46. The number of fused-ring (bicyclic) bond motifs is 2. The molecule has 2 aliphatic rings. The van der Waals surface area contributed by atoms with Crippen LogP contribution >= 0.6 is 0 Å². The van der Waals surface area contributed by atoms with E-state index in [2.05, 4.69) is 31.4 Å². The van der Waals surface area contributed by atoms with E-state index < -0.39 is 0 Å². The molecule has 1 saturated carbocycles. The van der Waals surface area contributed by atoms with Crippen molar-refractivity contribution in [2.24, 2.45) is 0 Å². The first-order chi connectivity index (χ1) is 6.30. The molecule has 66 valence electrons. The van der Waals surface area contributed by atoms with Crippen molar-refractivity contribution in [2.75, 3.05) is 6.54 Å². The molecule has 0 amide bonds. The average molecular weight is 171 g/mol. The second-order valence-corrected chi connectivity index (χ2v) is 4.54. The fraction of sp³-hybridized carbons (Fsp3) is 0.455. The van der Waals surface area contributed by atoms with Crippen molar-refractivity contribution >= 4 is 13.3 Å². The molecule has 1 aromatic carbocycles. The van der Waals surface area contributed by atoms with Gasteiger partial charge in [0, 0.05) is 18.5 Å². The number of hydrogen-bond donors (Lipinski definition) is 1. The zero-order chi connectivity index (χ0) is 8.89. The summed E-state index contributed by atoms with van der Waals surface area (Å²) < 4.78 is 0. The Morgan fingerprint density at radius 1 is 1.31 bits per heavy atom. The van der Waals surface area contributed by atoms with E-state index in [1.807, 2.05) is 0 Å². The Hall–Kier alpha value is -0.755. The quantitative estimate of drug-likeness (QED) is 0.545. The van der Waals surface area contributed by atoms with Gasteiger partial charge in [0.05, 0.1) is 0 Å². The highest BCUT2D eigenvalue weighted by molar-refractivity contribution is 6.32. The van der Waals surface area contributed by atoms with E-state index >= 15 is 0 Å². The summed E-state index contributed by atoms with van der Waals surface area (Å²) in [6.07, 6.45) is 2.77. The van der Waals surface area contributed by atoms with E-state index in [0.29, 0.717) is 5.41 Å². The van der Waals surface area contributed by atoms with Crippen LogP contribution in [0.15, 0.2) is 18.2 Å². The molecule has 1 fully saturated rings. The van der Waals surface area contributed by atoms with Gasteiger partial charge in [-0.25, -0.2) is 0 Å². The Labute approximate surface area is 79.9 Å². The van der Waals surface area contributed by atoms with Gasteiger partial charge < -0.3 is 5.32 Å². The number of benzene rings is 1. The predicted octanol–water partition coefficient (Wildman–Crippen LogP) is 0.0798. The van der Waals surface area contributed by atoms with E-state index in [4.69, 9.17) is 0 Å². The molecule has 0 bridgehead atoms. The van der Waals surface area contributed by atoms with Crippen LogP contribution in [-0.2, 0) is 12.0 Å². The SMILES string of the molecule is Bc1ccc2c(c1)CNCC21CC1. The van der Waals surface area contributed by atoms with Crippen molar-refractivity contribution in [2.45, 2.75) is 24.8 Å². The van der Waals surface area contributed by atoms with E-state index in [9.17, 15) is 0 Å². The van der Waals surface area contributed by atoms with Crippen molar-refractivity contribution < 1.29 is 0 Å². The third kappa shape index (κ3) is 1.05. The molecule has 3 rings (SSSR count). The Morgan fingerprint density at radius 3 is 2.92 bits per heavy atom. The first-order valence-electron chi connectivity index (χ1n) is 5.11. The van der Waals surface area contributed by atoms with Gasteiger partial charge in [0.1, 0.15) is 7.85 Å². The Kier molecular flexibility index (Phi) is 1.40. The minimum Gasteiger partial charge on any atom is -0.312 e. The predicted molar refractivity (Wildman–Crippen MR) is 57.2 cm³/mol. The fourth-order valence-corrected chi connectivity index (χ4v) is 2.51. The summed E-state index contributed by atoms with van der Waals surface area (Å²) in [6, 6.07) is 6.93. The summed E-state index contributed by atoms with van der Waals surface area (Å²) in [5.41, 5.74) is 5.08. The van der Waals surface area contributed by atoms with Gasteiger partial charge in [-0.05, 0) is 24.0 Å². The van der Waals surface area contributed by atoms with Gasteiger partial charge in [0.2, 0.25) is 0 Å². The average Bonchev–Trinajstić information content (AvgIpc) is 2.86. The fourth-order valence-electron chi connectivity index (χ4n) is 2.51. The Bertz CT molecular complexity index is 355. The van der Waals surface area contributed by atoms with Crippen LogP contribution in [0.2, 0.25) is 0 Å².